The second kappa shape index (κ2) is 11.8. The van der Waals surface area contributed by atoms with Crippen molar-refractivity contribution in [1.29, 1.82) is 0 Å². The minimum atomic E-state index is -0.319. The number of anilines is 1. The number of morpholine rings is 1. The van der Waals surface area contributed by atoms with E-state index < -0.39 is 0 Å². The predicted molar refractivity (Wildman–Crippen MR) is 130 cm³/mol. The monoisotopic (exact) mass is 488 g/mol. The van der Waals surface area contributed by atoms with Gasteiger partial charge in [0.2, 0.25) is 11.8 Å². The fourth-order valence-electron chi connectivity index (χ4n) is 4.94. The first-order chi connectivity index (χ1) is 16.9. The molecule has 3 amide bonds. The number of amides is 3. The van der Waals surface area contributed by atoms with Gasteiger partial charge in [-0.1, -0.05) is 0 Å². The van der Waals surface area contributed by atoms with Crippen molar-refractivity contribution in [2.24, 2.45) is 0 Å². The van der Waals surface area contributed by atoms with Gasteiger partial charge in [-0.15, -0.1) is 0 Å². The molecule has 35 heavy (non-hydrogen) atoms. The Hall–Kier alpha value is -2.69. The Morgan fingerprint density at radius 2 is 1.97 bits per heavy atom. The molecule has 1 aromatic carbocycles. The maximum Gasteiger partial charge on any atom is 0.257 e. The number of carbonyl (C=O) groups is 3. The molecule has 3 heterocycles. The Morgan fingerprint density at radius 3 is 2.74 bits per heavy atom. The van der Waals surface area contributed by atoms with Crippen LogP contribution >= 0.6 is 0 Å². The molecule has 192 valence electrons. The van der Waals surface area contributed by atoms with Crippen LogP contribution in [0.3, 0.4) is 0 Å². The molecule has 0 saturated carbocycles. The minimum Gasteiger partial charge on any atom is -0.490 e. The molecule has 0 aromatic heterocycles. The molecule has 10 nitrogen and oxygen atoms in total. The highest BCUT2D eigenvalue weighted by molar-refractivity contribution is 5.99. The minimum absolute atomic E-state index is 0.0116. The van der Waals surface area contributed by atoms with Crippen LogP contribution in [-0.2, 0) is 19.1 Å². The molecule has 2 N–H and O–H groups in total. The fourth-order valence-corrected chi connectivity index (χ4v) is 4.94. The number of rotatable bonds is 7. The van der Waals surface area contributed by atoms with Crippen LogP contribution in [0.15, 0.2) is 18.2 Å². The standard InChI is InChI=1S/C25H36N4O6/c1-17(30)27-18-4-7-22-20(14-18)25(32)28(2)21-6-5-19(35-23(21)16-34-22)15-24(31)26-8-3-9-29-10-12-33-13-11-29/h4,7,14,19,21,23H,3,5-6,8-13,15-16H2,1-2H3,(H,26,31)(H,27,30)/t19-,21+,23-/m0/s1. The fraction of sp³-hybridized carbons (Fsp3) is 0.640. The van der Waals surface area contributed by atoms with Gasteiger partial charge in [-0.2, -0.15) is 0 Å². The summed E-state index contributed by atoms with van der Waals surface area (Å²) < 4.78 is 17.6. The van der Waals surface area contributed by atoms with Gasteiger partial charge in [0.1, 0.15) is 18.5 Å². The zero-order valence-corrected chi connectivity index (χ0v) is 20.6. The molecule has 0 bridgehead atoms. The molecule has 2 fully saturated rings. The van der Waals surface area contributed by atoms with E-state index in [1.54, 1.807) is 30.1 Å². The second-order valence-electron chi connectivity index (χ2n) is 9.42. The first-order valence-corrected chi connectivity index (χ1v) is 12.4. The van der Waals surface area contributed by atoms with E-state index in [4.69, 9.17) is 14.2 Å². The average molecular weight is 489 g/mol. The molecule has 3 aliphatic heterocycles. The van der Waals surface area contributed by atoms with Gasteiger partial charge >= 0.3 is 0 Å². The Morgan fingerprint density at radius 1 is 1.17 bits per heavy atom. The molecule has 1 aromatic rings. The van der Waals surface area contributed by atoms with E-state index in [0.717, 1.165) is 45.7 Å². The van der Waals surface area contributed by atoms with Crippen molar-refractivity contribution < 1.29 is 28.6 Å². The van der Waals surface area contributed by atoms with Crippen LogP contribution in [-0.4, -0.2) is 98.8 Å². The molecule has 4 rings (SSSR count). The van der Waals surface area contributed by atoms with Crippen LogP contribution in [0.25, 0.3) is 0 Å². The van der Waals surface area contributed by atoms with Gasteiger partial charge in [-0.05, 0) is 44.0 Å². The zero-order valence-electron chi connectivity index (χ0n) is 20.6. The summed E-state index contributed by atoms with van der Waals surface area (Å²) in [6.45, 7) is 6.77. The Labute approximate surface area is 206 Å². The third-order valence-corrected chi connectivity index (χ3v) is 6.82. The Balaban J connectivity index is 1.28. The van der Waals surface area contributed by atoms with Gasteiger partial charge in [0.05, 0.1) is 37.3 Å². The summed E-state index contributed by atoms with van der Waals surface area (Å²) in [5.74, 6) is 0.0630. The average Bonchev–Trinajstić information content (AvgIpc) is 2.85. The smallest absolute Gasteiger partial charge is 0.257 e. The van der Waals surface area contributed by atoms with E-state index in [-0.39, 0.29) is 42.6 Å². The summed E-state index contributed by atoms with van der Waals surface area (Å²) in [4.78, 5) is 41.1. The number of fused-ring (bicyclic) bond motifs is 2. The highest BCUT2D eigenvalue weighted by atomic mass is 16.5. The lowest BCUT2D eigenvalue weighted by Crippen LogP contribution is -2.54. The van der Waals surface area contributed by atoms with Crippen molar-refractivity contribution >= 4 is 23.4 Å². The second-order valence-corrected chi connectivity index (χ2v) is 9.42. The van der Waals surface area contributed by atoms with Gasteiger partial charge in [-0.3, -0.25) is 19.3 Å². The highest BCUT2D eigenvalue weighted by Gasteiger charge is 2.39. The molecule has 0 unspecified atom stereocenters. The van der Waals surface area contributed by atoms with Crippen LogP contribution in [0.4, 0.5) is 5.69 Å². The van der Waals surface area contributed by atoms with Crippen LogP contribution in [0, 0.1) is 0 Å². The van der Waals surface area contributed by atoms with Gasteiger partial charge in [0, 0.05) is 39.3 Å². The third kappa shape index (κ3) is 6.71. The summed E-state index contributed by atoms with van der Waals surface area (Å²) >= 11 is 0. The first-order valence-electron chi connectivity index (χ1n) is 12.4. The van der Waals surface area contributed by atoms with Crippen molar-refractivity contribution in [1.82, 2.24) is 15.1 Å². The van der Waals surface area contributed by atoms with Crippen molar-refractivity contribution in [3.63, 3.8) is 0 Å². The van der Waals surface area contributed by atoms with Gasteiger partial charge in [-0.25, -0.2) is 0 Å². The summed E-state index contributed by atoms with van der Waals surface area (Å²) in [6, 6.07) is 4.90. The molecule has 0 spiro atoms. The quantitative estimate of drug-likeness (QED) is 0.556. The Kier molecular flexibility index (Phi) is 8.59. The van der Waals surface area contributed by atoms with E-state index in [0.29, 0.717) is 36.4 Å². The van der Waals surface area contributed by atoms with Crippen LogP contribution < -0.4 is 15.4 Å². The molecular formula is C25H36N4O6. The van der Waals surface area contributed by atoms with E-state index in [1.807, 2.05) is 0 Å². The van der Waals surface area contributed by atoms with Crippen molar-refractivity contribution in [3.05, 3.63) is 23.8 Å². The lowest BCUT2D eigenvalue weighted by molar-refractivity contribution is -0.134. The summed E-state index contributed by atoms with van der Waals surface area (Å²) in [5, 5.41) is 5.72. The predicted octanol–water partition coefficient (Wildman–Crippen LogP) is 1.25. The number of nitrogens with zero attached hydrogens (tertiary/aromatic N) is 2. The maximum absolute atomic E-state index is 13.2. The maximum atomic E-state index is 13.2. The van der Waals surface area contributed by atoms with Gasteiger partial charge < -0.3 is 29.7 Å². The highest BCUT2D eigenvalue weighted by Crippen LogP contribution is 2.32. The normalized spacial score (nSPS) is 24.9. The van der Waals surface area contributed by atoms with E-state index in [1.165, 1.54) is 6.92 Å². The van der Waals surface area contributed by atoms with Crippen LogP contribution in [0.2, 0.25) is 0 Å². The number of nitrogens with one attached hydrogen (secondary N) is 2. The SMILES string of the molecule is CC(=O)Nc1ccc2c(c1)C(=O)N(C)[C@@H]1CC[C@@H](CC(=O)NCCCN3CCOCC3)O[C@H]1CO2. The molecule has 2 saturated heterocycles. The number of likely N-dealkylation sites (N-methyl/N-ethyl adjacent to an activating group) is 1. The number of ether oxygens (including phenoxy) is 3. The first kappa shape index (κ1) is 25.4. The molecule has 0 aliphatic carbocycles. The lowest BCUT2D eigenvalue weighted by Gasteiger charge is -2.42. The van der Waals surface area contributed by atoms with Gasteiger partial charge in [0.15, 0.2) is 0 Å². The van der Waals surface area contributed by atoms with Crippen molar-refractivity contribution in [2.75, 3.05) is 58.4 Å². The number of hydrogen-bond donors (Lipinski definition) is 2. The van der Waals surface area contributed by atoms with Gasteiger partial charge in [0.25, 0.3) is 5.91 Å². The molecule has 0 radical (unpaired) electrons. The summed E-state index contributed by atoms with van der Waals surface area (Å²) in [7, 11) is 1.77. The zero-order chi connectivity index (χ0) is 24.8. The third-order valence-electron chi connectivity index (χ3n) is 6.82. The largest absolute Gasteiger partial charge is 0.490 e. The Bertz CT molecular complexity index is 919. The molecule has 3 atom stereocenters. The van der Waals surface area contributed by atoms with Crippen molar-refractivity contribution in [3.8, 4) is 5.75 Å². The lowest BCUT2D eigenvalue weighted by atomic mass is 9.94. The summed E-state index contributed by atoms with van der Waals surface area (Å²) in [6.07, 6.45) is 2.11. The topological polar surface area (TPSA) is 109 Å². The number of benzene rings is 1. The van der Waals surface area contributed by atoms with E-state index >= 15 is 0 Å². The van der Waals surface area contributed by atoms with Crippen molar-refractivity contribution in [2.45, 2.75) is 50.9 Å². The molecule has 10 heteroatoms. The van der Waals surface area contributed by atoms with E-state index in [9.17, 15) is 14.4 Å². The number of carbonyl (C=O) groups excluding carboxylic acids is 3. The summed E-state index contributed by atoms with van der Waals surface area (Å²) in [5.41, 5.74) is 0.963. The van der Waals surface area contributed by atoms with Crippen LogP contribution in [0.1, 0.15) is 43.0 Å². The number of hydrogen-bond acceptors (Lipinski definition) is 7. The van der Waals surface area contributed by atoms with E-state index in [2.05, 4.69) is 15.5 Å². The van der Waals surface area contributed by atoms with Crippen LogP contribution in [0.5, 0.6) is 5.75 Å². The molecule has 3 aliphatic rings. The molecular weight excluding hydrogens is 452 g/mol.